The van der Waals surface area contributed by atoms with Crippen LogP contribution in [0, 0.1) is 0 Å². The topological polar surface area (TPSA) is 132 Å². The maximum absolute atomic E-state index is 10.7. The van der Waals surface area contributed by atoms with E-state index in [4.69, 9.17) is 14.5 Å². The fourth-order valence-corrected chi connectivity index (χ4v) is 2.91. The van der Waals surface area contributed by atoms with Crippen LogP contribution in [0.2, 0.25) is 0 Å². The van der Waals surface area contributed by atoms with Crippen LogP contribution in [0.1, 0.15) is 26.0 Å². The van der Waals surface area contributed by atoms with Crippen molar-refractivity contribution in [2.24, 2.45) is 0 Å². The lowest BCUT2D eigenvalue weighted by molar-refractivity contribution is -0.0205. The summed E-state index contributed by atoms with van der Waals surface area (Å²) in [6, 6.07) is 0. The van der Waals surface area contributed by atoms with E-state index in [2.05, 4.69) is 24.8 Å². The number of phosphoric ester groups is 1. The molecule has 0 radical (unpaired) electrons. The van der Waals surface area contributed by atoms with E-state index in [-0.39, 0.29) is 18.9 Å². The van der Waals surface area contributed by atoms with Crippen LogP contribution in [-0.4, -0.2) is 48.6 Å². The van der Waals surface area contributed by atoms with Crippen LogP contribution in [0.25, 0.3) is 11.2 Å². The molecule has 126 valence electrons. The van der Waals surface area contributed by atoms with Crippen molar-refractivity contribution in [3.05, 3.63) is 12.7 Å². The zero-order valence-corrected chi connectivity index (χ0v) is 13.4. The molecule has 0 saturated carbocycles. The Morgan fingerprint density at radius 3 is 3.00 bits per heavy atom. The van der Waals surface area contributed by atoms with E-state index in [9.17, 15) is 4.57 Å². The van der Waals surface area contributed by atoms with Crippen molar-refractivity contribution in [1.82, 2.24) is 19.5 Å². The van der Waals surface area contributed by atoms with Crippen LogP contribution >= 0.6 is 7.82 Å². The molecule has 0 bridgehead atoms. The number of phosphoric acid groups is 1. The third kappa shape index (κ3) is 3.67. The molecule has 1 aliphatic rings. The molecule has 0 spiro atoms. The Kier molecular flexibility index (Phi) is 4.60. The lowest BCUT2D eigenvalue weighted by atomic mass is 10.2. The molecular weight excluding hydrogens is 325 g/mol. The zero-order chi connectivity index (χ0) is 16.4. The van der Waals surface area contributed by atoms with Gasteiger partial charge in [-0.2, -0.15) is 0 Å². The normalized spacial score (nSPS) is 21.9. The summed E-state index contributed by atoms with van der Waals surface area (Å²) in [5.74, 6) is 0.663. The van der Waals surface area contributed by atoms with Gasteiger partial charge in [0.15, 0.2) is 17.0 Å². The Bertz CT molecular complexity index is 732. The van der Waals surface area contributed by atoms with E-state index in [1.165, 1.54) is 6.33 Å². The second kappa shape index (κ2) is 6.50. The van der Waals surface area contributed by atoms with E-state index in [1.807, 2.05) is 6.92 Å². The number of hydrogen-bond donors (Lipinski definition) is 3. The molecule has 0 amide bonds. The van der Waals surface area contributed by atoms with Crippen LogP contribution in [0.4, 0.5) is 5.82 Å². The van der Waals surface area contributed by atoms with Gasteiger partial charge in [0, 0.05) is 6.54 Å². The molecule has 2 aromatic heterocycles. The maximum Gasteiger partial charge on any atom is 0.469 e. The van der Waals surface area contributed by atoms with E-state index in [0.717, 1.165) is 6.54 Å². The molecular formula is C12H18N5O5P. The van der Waals surface area contributed by atoms with Crippen molar-refractivity contribution < 1.29 is 23.6 Å². The van der Waals surface area contributed by atoms with Gasteiger partial charge in [-0.05, 0) is 19.8 Å². The van der Waals surface area contributed by atoms with E-state index in [1.54, 1.807) is 10.9 Å². The molecule has 11 heteroatoms. The van der Waals surface area contributed by atoms with Gasteiger partial charge in [0.1, 0.15) is 12.6 Å². The predicted molar refractivity (Wildman–Crippen MR) is 80.6 cm³/mol. The number of fused-ring (bicyclic) bond motifs is 1. The summed E-state index contributed by atoms with van der Waals surface area (Å²) >= 11 is 0. The molecule has 0 unspecified atom stereocenters. The van der Waals surface area contributed by atoms with Gasteiger partial charge in [-0.25, -0.2) is 19.5 Å². The number of rotatable bonds is 6. The first-order chi connectivity index (χ1) is 11.0. The fourth-order valence-electron chi connectivity index (χ4n) is 2.55. The third-order valence-electron chi connectivity index (χ3n) is 3.53. The van der Waals surface area contributed by atoms with Crippen molar-refractivity contribution in [3.8, 4) is 0 Å². The highest BCUT2D eigenvalue weighted by atomic mass is 31.2. The molecule has 2 atom stereocenters. The average molecular weight is 343 g/mol. The minimum Gasteiger partial charge on any atom is -0.368 e. The smallest absolute Gasteiger partial charge is 0.368 e. The number of hydrogen-bond acceptors (Lipinski definition) is 7. The minimum absolute atomic E-state index is 0.148. The quantitative estimate of drug-likeness (QED) is 0.658. The SMILES string of the molecule is CCNc1ncnc2c1ncn2[C@H]1CC[C@@H](COP(=O)(O)O)O1. The highest BCUT2D eigenvalue weighted by Gasteiger charge is 2.30. The van der Waals surface area contributed by atoms with Crippen molar-refractivity contribution in [2.45, 2.75) is 32.1 Å². The van der Waals surface area contributed by atoms with Crippen LogP contribution in [0.5, 0.6) is 0 Å². The van der Waals surface area contributed by atoms with Crippen molar-refractivity contribution in [1.29, 1.82) is 0 Å². The lowest BCUT2D eigenvalue weighted by Crippen LogP contribution is -2.16. The molecule has 1 saturated heterocycles. The first-order valence-electron chi connectivity index (χ1n) is 7.25. The monoisotopic (exact) mass is 343 g/mol. The summed E-state index contributed by atoms with van der Waals surface area (Å²) in [6.07, 6.45) is 3.74. The summed E-state index contributed by atoms with van der Waals surface area (Å²) in [4.78, 5) is 30.2. The molecule has 23 heavy (non-hydrogen) atoms. The summed E-state index contributed by atoms with van der Waals surface area (Å²) in [6.45, 7) is 2.54. The van der Waals surface area contributed by atoms with Gasteiger partial charge in [-0.1, -0.05) is 0 Å². The van der Waals surface area contributed by atoms with Crippen molar-refractivity contribution >= 4 is 24.8 Å². The summed E-state index contributed by atoms with van der Waals surface area (Å²) in [5, 5.41) is 3.13. The second-order valence-corrected chi connectivity index (χ2v) is 6.39. The van der Waals surface area contributed by atoms with E-state index < -0.39 is 7.82 Å². The second-order valence-electron chi connectivity index (χ2n) is 5.15. The summed E-state index contributed by atoms with van der Waals surface area (Å²) in [5.41, 5.74) is 1.31. The zero-order valence-electron chi connectivity index (χ0n) is 12.5. The number of nitrogens with zero attached hydrogens (tertiary/aromatic N) is 4. The van der Waals surface area contributed by atoms with E-state index in [0.29, 0.717) is 29.8 Å². The molecule has 1 fully saturated rings. The van der Waals surface area contributed by atoms with Gasteiger partial charge >= 0.3 is 7.82 Å². The van der Waals surface area contributed by atoms with Gasteiger partial charge in [0.25, 0.3) is 0 Å². The Labute approximate surface area is 132 Å². The average Bonchev–Trinajstić information content (AvgIpc) is 3.11. The largest absolute Gasteiger partial charge is 0.469 e. The molecule has 3 rings (SSSR count). The maximum atomic E-state index is 10.7. The van der Waals surface area contributed by atoms with Crippen LogP contribution < -0.4 is 5.32 Å². The van der Waals surface area contributed by atoms with Gasteiger partial charge in [0.05, 0.1) is 19.0 Å². The van der Waals surface area contributed by atoms with Gasteiger partial charge in [0.2, 0.25) is 0 Å². The van der Waals surface area contributed by atoms with Crippen molar-refractivity contribution in [2.75, 3.05) is 18.5 Å². The molecule has 0 aromatic carbocycles. The lowest BCUT2D eigenvalue weighted by Gasteiger charge is -2.15. The molecule has 10 nitrogen and oxygen atoms in total. The number of nitrogens with one attached hydrogen (secondary N) is 1. The molecule has 3 heterocycles. The fraction of sp³-hybridized carbons (Fsp3) is 0.583. The Morgan fingerprint density at radius 2 is 2.26 bits per heavy atom. The van der Waals surface area contributed by atoms with Crippen LogP contribution in [0.15, 0.2) is 12.7 Å². The predicted octanol–water partition coefficient (Wildman–Crippen LogP) is 1.04. The number of anilines is 1. The third-order valence-corrected chi connectivity index (χ3v) is 4.01. The van der Waals surface area contributed by atoms with E-state index >= 15 is 0 Å². The molecule has 1 aliphatic heterocycles. The molecule has 3 N–H and O–H groups in total. The first kappa shape index (κ1) is 16.3. The first-order valence-corrected chi connectivity index (χ1v) is 8.78. The standard InChI is InChI=1S/C12H18N5O5P/c1-2-13-11-10-12(15-6-14-11)17(7-16-10)9-4-3-8(22-9)5-21-23(18,19)20/h6-9H,2-5H2,1H3,(H,13,14,15)(H2,18,19,20)/t8-,9+/m0/s1. The number of imidazole rings is 1. The number of ether oxygens (including phenoxy) is 1. The minimum atomic E-state index is -4.48. The van der Waals surface area contributed by atoms with Crippen LogP contribution in [-0.2, 0) is 13.8 Å². The van der Waals surface area contributed by atoms with Crippen molar-refractivity contribution in [3.63, 3.8) is 0 Å². The van der Waals surface area contributed by atoms with Gasteiger partial charge in [-0.3, -0.25) is 9.09 Å². The Balaban J connectivity index is 1.74. The van der Waals surface area contributed by atoms with Crippen LogP contribution in [0.3, 0.4) is 0 Å². The number of aromatic nitrogens is 4. The Morgan fingerprint density at radius 1 is 1.43 bits per heavy atom. The highest BCUT2D eigenvalue weighted by molar-refractivity contribution is 7.46. The molecule has 0 aliphatic carbocycles. The van der Waals surface area contributed by atoms with Gasteiger partial charge < -0.3 is 19.8 Å². The van der Waals surface area contributed by atoms with Gasteiger partial charge in [-0.15, -0.1) is 0 Å². The summed E-state index contributed by atoms with van der Waals surface area (Å²) < 4.78 is 22.8. The summed E-state index contributed by atoms with van der Waals surface area (Å²) in [7, 11) is -4.48. The highest BCUT2D eigenvalue weighted by Crippen LogP contribution is 2.38. The molecule has 2 aromatic rings. The Hall–Kier alpha value is -1.58.